The molecule has 2 aliphatic rings. The first-order chi connectivity index (χ1) is 14.5. The van der Waals surface area contributed by atoms with Crippen LogP contribution in [-0.4, -0.2) is 33.9 Å². The average Bonchev–Trinajstić information content (AvgIpc) is 3.32. The van der Waals surface area contributed by atoms with Gasteiger partial charge in [-0.05, 0) is 43.9 Å². The van der Waals surface area contributed by atoms with E-state index in [9.17, 15) is 9.59 Å². The molecule has 0 fully saturated rings. The number of nitrogens with one attached hydrogen (secondary N) is 1. The summed E-state index contributed by atoms with van der Waals surface area (Å²) in [6, 6.07) is 5.34. The zero-order valence-corrected chi connectivity index (χ0v) is 18.3. The SMILES string of the molecule is C[C@@H](Sc1nc2sc3c(c2c(=O)n1C)CCC3)C(=O)Nc1ccc2c(c1)OCCO2. The predicted octanol–water partition coefficient (Wildman–Crippen LogP) is 3.37. The molecular formula is C21H21N3O4S2. The summed E-state index contributed by atoms with van der Waals surface area (Å²) >= 11 is 2.90. The Morgan fingerprint density at radius 2 is 2.07 bits per heavy atom. The van der Waals surface area contributed by atoms with E-state index in [2.05, 4.69) is 5.32 Å². The molecule has 0 radical (unpaired) electrons. The largest absolute Gasteiger partial charge is 0.486 e. The number of nitrogens with zero attached hydrogens (tertiary/aromatic N) is 2. The van der Waals surface area contributed by atoms with Crippen LogP contribution in [0.5, 0.6) is 11.5 Å². The number of carbonyl (C=O) groups excluding carboxylic acids is 1. The first-order valence-electron chi connectivity index (χ1n) is 9.89. The molecule has 0 saturated heterocycles. The van der Waals surface area contributed by atoms with E-state index in [0.29, 0.717) is 35.6 Å². The van der Waals surface area contributed by atoms with E-state index in [0.717, 1.165) is 29.5 Å². The molecule has 1 atom stereocenters. The van der Waals surface area contributed by atoms with Crippen LogP contribution < -0.4 is 20.3 Å². The van der Waals surface area contributed by atoms with Crippen molar-refractivity contribution >= 4 is 44.9 Å². The number of anilines is 1. The van der Waals surface area contributed by atoms with E-state index in [4.69, 9.17) is 14.5 Å². The molecule has 3 heterocycles. The fourth-order valence-electron chi connectivity index (χ4n) is 3.79. The van der Waals surface area contributed by atoms with Gasteiger partial charge in [-0.2, -0.15) is 0 Å². The zero-order valence-electron chi connectivity index (χ0n) is 16.7. The minimum atomic E-state index is -0.430. The van der Waals surface area contributed by atoms with Gasteiger partial charge in [0.1, 0.15) is 18.0 Å². The monoisotopic (exact) mass is 443 g/mol. The number of thioether (sulfide) groups is 1. The molecule has 1 amide bonds. The molecular weight excluding hydrogens is 422 g/mol. The van der Waals surface area contributed by atoms with Crippen molar-refractivity contribution in [2.24, 2.45) is 7.05 Å². The second kappa shape index (κ2) is 7.63. The molecule has 30 heavy (non-hydrogen) atoms. The third kappa shape index (κ3) is 3.35. The van der Waals surface area contributed by atoms with E-state index in [1.165, 1.54) is 22.2 Å². The lowest BCUT2D eigenvalue weighted by Crippen LogP contribution is -2.25. The van der Waals surface area contributed by atoms with Gasteiger partial charge in [-0.25, -0.2) is 4.98 Å². The molecule has 7 nitrogen and oxygen atoms in total. The van der Waals surface area contributed by atoms with Gasteiger partial charge in [-0.1, -0.05) is 11.8 Å². The summed E-state index contributed by atoms with van der Waals surface area (Å²) in [7, 11) is 1.72. The third-order valence-electron chi connectivity index (χ3n) is 5.37. The van der Waals surface area contributed by atoms with Crippen molar-refractivity contribution in [3.63, 3.8) is 0 Å². The smallest absolute Gasteiger partial charge is 0.262 e. The van der Waals surface area contributed by atoms with E-state index in [-0.39, 0.29) is 11.5 Å². The number of amides is 1. The number of carbonyl (C=O) groups is 1. The van der Waals surface area contributed by atoms with Crippen LogP contribution in [0.1, 0.15) is 23.8 Å². The molecule has 0 bridgehead atoms. The number of ether oxygens (including phenoxy) is 2. The van der Waals surface area contributed by atoms with E-state index >= 15 is 0 Å². The molecule has 3 aromatic rings. The second-order valence-electron chi connectivity index (χ2n) is 7.40. The Kier molecular flexibility index (Phi) is 4.94. The van der Waals surface area contributed by atoms with Crippen LogP contribution in [0, 0.1) is 0 Å². The van der Waals surface area contributed by atoms with Gasteiger partial charge in [0.15, 0.2) is 16.7 Å². The van der Waals surface area contributed by atoms with Crippen molar-refractivity contribution in [1.82, 2.24) is 9.55 Å². The van der Waals surface area contributed by atoms with E-state index in [1.807, 2.05) is 6.92 Å². The maximum atomic E-state index is 12.9. The number of benzene rings is 1. The summed E-state index contributed by atoms with van der Waals surface area (Å²) in [5.41, 5.74) is 1.79. The Bertz CT molecular complexity index is 1220. The highest BCUT2D eigenvalue weighted by atomic mass is 32.2. The van der Waals surface area contributed by atoms with Gasteiger partial charge in [0.05, 0.1) is 10.6 Å². The number of rotatable bonds is 4. The number of hydrogen-bond acceptors (Lipinski definition) is 7. The van der Waals surface area contributed by atoms with Crippen molar-refractivity contribution in [1.29, 1.82) is 0 Å². The minimum Gasteiger partial charge on any atom is -0.486 e. The maximum absolute atomic E-state index is 12.9. The first kappa shape index (κ1) is 19.4. The van der Waals surface area contributed by atoms with E-state index < -0.39 is 5.25 Å². The summed E-state index contributed by atoms with van der Waals surface area (Å²) < 4.78 is 12.6. The Morgan fingerprint density at radius 1 is 1.27 bits per heavy atom. The van der Waals surface area contributed by atoms with Crippen LogP contribution in [0.15, 0.2) is 28.2 Å². The molecule has 0 spiro atoms. The van der Waals surface area contributed by atoms with E-state index in [1.54, 1.807) is 41.2 Å². The van der Waals surface area contributed by atoms with Gasteiger partial charge in [-0.3, -0.25) is 14.2 Å². The molecule has 1 aliphatic carbocycles. The summed E-state index contributed by atoms with van der Waals surface area (Å²) in [4.78, 5) is 32.5. The van der Waals surface area contributed by atoms with Gasteiger partial charge < -0.3 is 14.8 Å². The third-order valence-corrected chi connectivity index (χ3v) is 7.70. The fourth-order valence-corrected chi connectivity index (χ4v) is 5.96. The van der Waals surface area contributed by atoms with Crippen molar-refractivity contribution in [3.8, 4) is 11.5 Å². The highest BCUT2D eigenvalue weighted by Crippen LogP contribution is 2.36. The van der Waals surface area contributed by atoms with Crippen LogP contribution in [0.4, 0.5) is 5.69 Å². The molecule has 156 valence electrons. The molecule has 0 unspecified atom stereocenters. The standard InChI is InChI=1S/C21H21N3O4S2/c1-11(18(25)22-12-6-7-14-15(10-12)28-9-8-27-14)29-21-23-19-17(20(26)24(21)2)13-4-3-5-16(13)30-19/h6-7,10-11H,3-5,8-9H2,1-2H3,(H,22,25)/t11-/m1/s1. The molecule has 9 heteroatoms. The average molecular weight is 444 g/mol. The molecule has 5 rings (SSSR count). The van der Waals surface area contributed by atoms with Gasteiger partial charge in [0, 0.05) is 23.7 Å². The second-order valence-corrected chi connectivity index (χ2v) is 9.80. The summed E-state index contributed by atoms with van der Waals surface area (Å²) in [6.45, 7) is 2.82. The molecule has 2 aromatic heterocycles. The van der Waals surface area contributed by atoms with Gasteiger partial charge in [-0.15, -0.1) is 11.3 Å². The van der Waals surface area contributed by atoms with Gasteiger partial charge in [0.2, 0.25) is 5.91 Å². The predicted molar refractivity (Wildman–Crippen MR) is 118 cm³/mol. The van der Waals surface area contributed by atoms with Gasteiger partial charge in [0.25, 0.3) is 5.56 Å². The highest BCUT2D eigenvalue weighted by molar-refractivity contribution is 8.00. The molecule has 1 N–H and O–H groups in total. The summed E-state index contributed by atoms with van der Waals surface area (Å²) in [6.07, 6.45) is 3.08. The number of aryl methyl sites for hydroxylation is 2. The van der Waals surface area contributed by atoms with Crippen LogP contribution in [0.3, 0.4) is 0 Å². The number of fused-ring (bicyclic) bond motifs is 4. The minimum absolute atomic E-state index is 0.0265. The van der Waals surface area contributed by atoms with Crippen molar-refractivity contribution in [2.45, 2.75) is 36.6 Å². The number of hydrogen-bond donors (Lipinski definition) is 1. The van der Waals surface area contributed by atoms with Crippen molar-refractivity contribution < 1.29 is 14.3 Å². The topological polar surface area (TPSA) is 82.5 Å². The summed E-state index contributed by atoms with van der Waals surface area (Å²) in [5.74, 6) is 1.14. The lowest BCUT2D eigenvalue weighted by Gasteiger charge is -2.19. The van der Waals surface area contributed by atoms with Crippen LogP contribution in [-0.2, 0) is 24.7 Å². The molecule has 1 aliphatic heterocycles. The van der Waals surface area contributed by atoms with Gasteiger partial charge >= 0.3 is 0 Å². The Balaban J connectivity index is 1.35. The molecule has 1 aromatic carbocycles. The first-order valence-corrected chi connectivity index (χ1v) is 11.6. The lowest BCUT2D eigenvalue weighted by atomic mass is 10.2. The Morgan fingerprint density at radius 3 is 2.90 bits per heavy atom. The number of thiophene rings is 1. The quantitative estimate of drug-likeness (QED) is 0.492. The normalized spacial score (nSPS) is 15.8. The van der Waals surface area contributed by atoms with Crippen molar-refractivity contribution in [3.05, 3.63) is 39.0 Å². The molecule has 0 saturated carbocycles. The highest BCUT2D eigenvalue weighted by Gasteiger charge is 2.24. The number of aromatic nitrogens is 2. The van der Waals surface area contributed by atoms with Crippen LogP contribution >= 0.6 is 23.1 Å². The maximum Gasteiger partial charge on any atom is 0.262 e. The van der Waals surface area contributed by atoms with Crippen molar-refractivity contribution in [2.75, 3.05) is 18.5 Å². The van der Waals surface area contributed by atoms with Crippen LogP contribution in [0.25, 0.3) is 10.2 Å². The zero-order chi connectivity index (χ0) is 20.8. The lowest BCUT2D eigenvalue weighted by molar-refractivity contribution is -0.115. The fraction of sp³-hybridized carbons (Fsp3) is 0.381. The Labute approximate surface area is 181 Å². The van der Waals surface area contributed by atoms with Crippen LogP contribution in [0.2, 0.25) is 0 Å². The summed E-state index contributed by atoms with van der Waals surface area (Å²) in [5, 5.41) is 3.79. The Hall–Kier alpha value is -2.52.